The summed E-state index contributed by atoms with van der Waals surface area (Å²) in [4.78, 5) is 26.2. The Morgan fingerprint density at radius 3 is 2.70 bits per heavy atom. The molecule has 0 atom stereocenters. The van der Waals surface area contributed by atoms with Crippen LogP contribution in [0.4, 0.5) is 4.79 Å². The third-order valence-electron chi connectivity index (χ3n) is 2.62. The van der Waals surface area contributed by atoms with E-state index in [9.17, 15) is 9.59 Å². The number of aromatic nitrogens is 1. The van der Waals surface area contributed by atoms with E-state index in [2.05, 4.69) is 29.5 Å². The topological polar surface area (TPSA) is 91.3 Å². The largest absolute Gasteiger partial charge is 0.476 e. The summed E-state index contributed by atoms with van der Waals surface area (Å²) in [5, 5.41) is 16.5. The molecule has 0 saturated heterocycles. The van der Waals surface area contributed by atoms with Crippen LogP contribution < -0.4 is 10.6 Å². The molecule has 0 unspecified atom stereocenters. The van der Waals surface area contributed by atoms with Crippen LogP contribution >= 0.6 is 23.1 Å². The number of thiazole rings is 1. The fraction of sp³-hybridized carbons (Fsp3) is 0.583. The quantitative estimate of drug-likeness (QED) is 0.713. The minimum atomic E-state index is -1.03. The molecule has 1 heterocycles. The first-order chi connectivity index (χ1) is 9.34. The van der Waals surface area contributed by atoms with Gasteiger partial charge < -0.3 is 15.7 Å². The molecule has 112 valence electrons. The van der Waals surface area contributed by atoms with Gasteiger partial charge in [0.25, 0.3) is 0 Å². The smallest absolute Gasteiger partial charge is 0.355 e. The second-order valence-electron chi connectivity index (χ2n) is 4.75. The average Bonchev–Trinajstić information content (AvgIpc) is 2.85. The van der Waals surface area contributed by atoms with Gasteiger partial charge in [-0.05, 0) is 20.1 Å². The van der Waals surface area contributed by atoms with Crippen LogP contribution in [0.2, 0.25) is 0 Å². The van der Waals surface area contributed by atoms with Gasteiger partial charge in [0.15, 0.2) is 5.69 Å². The van der Waals surface area contributed by atoms with Gasteiger partial charge in [0, 0.05) is 29.6 Å². The van der Waals surface area contributed by atoms with Crippen molar-refractivity contribution in [2.75, 3.05) is 19.3 Å². The third-order valence-corrected chi connectivity index (χ3v) is 4.78. The fourth-order valence-electron chi connectivity index (χ4n) is 1.23. The Balaban J connectivity index is 2.26. The first-order valence-electron chi connectivity index (χ1n) is 6.08. The first kappa shape index (κ1) is 16.8. The number of hydrogen-bond donors (Lipinski definition) is 3. The van der Waals surface area contributed by atoms with Gasteiger partial charge in [0.1, 0.15) is 0 Å². The average molecular weight is 317 g/mol. The zero-order chi connectivity index (χ0) is 15.2. The summed E-state index contributed by atoms with van der Waals surface area (Å²) >= 11 is 2.97. The lowest BCUT2D eigenvalue weighted by Crippen LogP contribution is -2.42. The van der Waals surface area contributed by atoms with Gasteiger partial charge in [-0.1, -0.05) is 0 Å². The van der Waals surface area contributed by atoms with Gasteiger partial charge in [-0.2, -0.15) is 11.8 Å². The summed E-state index contributed by atoms with van der Waals surface area (Å²) in [6, 6.07) is -0.220. The van der Waals surface area contributed by atoms with E-state index in [0.29, 0.717) is 24.5 Å². The SMILES string of the molecule is CSC(C)(C)CNC(=O)NCCc1nc(C(=O)O)cs1. The van der Waals surface area contributed by atoms with Crippen LogP contribution in [0.15, 0.2) is 5.38 Å². The molecule has 8 heteroatoms. The van der Waals surface area contributed by atoms with Crippen molar-refractivity contribution in [3.63, 3.8) is 0 Å². The molecule has 6 nitrogen and oxygen atoms in total. The summed E-state index contributed by atoms with van der Waals surface area (Å²) in [5.74, 6) is -1.03. The highest BCUT2D eigenvalue weighted by molar-refractivity contribution is 7.99. The summed E-state index contributed by atoms with van der Waals surface area (Å²) in [6.45, 7) is 5.13. The second kappa shape index (κ2) is 7.49. The highest BCUT2D eigenvalue weighted by Crippen LogP contribution is 2.19. The Morgan fingerprint density at radius 1 is 1.45 bits per heavy atom. The number of amides is 2. The zero-order valence-electron chi connectivity index (χ0n) is 11.7. The number of aromatic carboxylic acids is 1. The number of carbonyl (C=O) groups is 2. The molecule has 1 rings (SSSR count). The van der Waals surface area contributed by atoms with Gasteiger partial charge in [-0.25, -0.2) is 14.6 Å². The number of thioether (sulfide) groups is 1. The summed E-state index contributed by atoms with van der Waals surface area (Å²) < 4.78 is 0.00301. The molecule has 0 radical (unpaired) electrons. The van der Waals surface area contributed by atoms with E-state index in [1.165, 1.54) is 16.7 Å². The van der Waals surface area contributed by atoms with Crippen LogP contribution in [0.5, 0.6) is 0 Å². The molecule has 3 N–H and O–H groups in total. The Morgan fingerprint density at radius 2 is 2.15 bits per heavy atom. The lowest BCUT2D eigenvalue weighted by molar-refractivity contribution is 0.0691. The van der Waals surface area contributed by atoms with Crippen LogP contribution in [0, 0.1) is 0 Å². The van der Waals surface area contributed by atoms with E-state index in [1.54, 1.807) is 11.8 Å². The van der Waals surface area contributed by atoms with Crippen molar-refractivity contribution in [2.45, 2.75) is 25.0 Å². The second-order valence-corrected chi connectivity index (χ2v) is 7.21. The maximum Gasteiger partial charge on any atom is 0.355 e. The van der Waals surface area contributed by atoms with E-state index < -0.39 is 5.97 Å². The molecule has 2 amide bonds. The summed E-state index contributed by atoms with van der Waals surface area (Å²) in [7, 11) is 0. The number of nitrogens with one attached hydrogen (secondary N) is 2. The molecule has 0 bridgehead atoms. The number of rotatable bonds is 7. The number of carboxylic acids is 1. The minimum absolute atomic E-state index is 0.00301. The van der Waals surface area contributed by atoms with E-state index >= 15 is 0 Å². The molecule has 1 aromatic rings. The molecule has 0 aliphatic carbocycles. The fourth-order valence-corrected chi connectivity index (χ4v) is 2.22. The molecule has 20 heavy (non-hydrogen) atoms. The molecule has 0 aromatic carbocycles. The lowest BCUT2D eigenvalue weighted by atomic mass is 10.2. The number of nitrogens with zero attached hydrogens (tertiary/aromatic N) is 1. The molecule has 0 fully saturated rings. The minimum Gasteiger partial charge on any atom is -0.476 e. The number of urea groups is 1. The van der Waals surface area contributed by atoms with Gasteiger partial charge >= 0.3 is 12.0 Å². The highest BCUT2D eigenvalue weighted by atomic mass is 32.2. The number of hydrogen-bond acceptors (Lipinski definition) is 5. The van der Waals surface area contributed by atoms with Crippen LogP contribution in [0.3, 0.4) is 0 Å². The standard InChI is InChI=1S/C12H19N3O3S2/c1-12(2,19-3)7-14-11(18)13-5-4-9-15-8(6-20-9)10(16)17/h6H,4-5,7H2,1-3H3,(H,16,17)(H2,13,14,18). The zero-order valence-corrected chi connectivity index (χ0v) is 13.4. The maximum atomic E-state index is 11.6. The van der Waals surface area contributed by atoms with Crippen molar-refractivity contribution in [3.8, 4) is 0 Å². The molecule has 0 spiro atoms. The van der Waals surface area contributed by atoms with Crippen LogP contribution in [0.25, 0.3) is 0 Å². The molecular weight excluding hydrogens is 298 g/mol. The van der Waals surface area contributed by atoms with Crippen molar-refractivity contribution >= 4 is 35.1 Å². The first-order valence-corrected chi connectivity index (χ1v) is 8.19. The number of carbonyl (C=O) groups excluding carboxylic acids is 1. The predicted molar refractivity (Wildman–Crippen MR) is 81.8 cm³/mol. The van der Waals surface area contributed by atoms with Crippen LogP contribution in [0.1, 0.15) is 29.3 Å². The summed E-state index contributed by atoms with van der Waals surface area (Å²) in [5.41, 5.74) is 0.0520. The van der Waals surface area contributed by atoms with E-state index in [-0.39, 0.29) is 16.5 Å². The summed E-state index contributed by atoms with van der Waals surface area (Å²) in [6.07, 6.45) is 2.53. The van der Waals surface area contributed by atoms with Crippen LogP contribution in [-0.4, -0.2) is 46.2 Å². The molecule has 0 aliphatic rings. The third kappa shape index (κ3) is 5.79. The van der Waals surface area contributed by atoms with Gasteiger partial charge in [0.05, 0.1) is 5.01 Å². The molecule has 1 aromatic heterocycles. The Bertz CT molecular complexity index is 474. The Kier molecular flexibility index (Phi) is 6.28. The Hall–Kier alpha value is -1.28. The van der Waals surface area contributed by atoms with E-state index in [4.69, 9.17) is 5.11 Å². The molecular formula is C12H19N3O3S2. The molecule has 0 saturated carbocycles. The van der Waals surface area contributed by atoms with E-state index in [1.807, 2.05) is 6.26 Å². The van der Waals surface area contributed by atoms with Gasteiger partial charge in [-0.3, -0.25) is 0 Å². The Labute approximate surface area is 126 Å². The molecule has 0 aliphatic heterocycles. The van der Waals surface area contributed by atoms with Crippen LogP contribution in [-0.2, 0) is 6.42 Å². The van der Waals surface area contributed by atoms with Crippen molar-refractivity contribution in [1.29, 1.82) is 0 Å². The van der Waals surface area contributed by atoms with Gasteiger partial charge in [-0.15, -0.1) is 11.3 Å². The normalized spacial score (nSPS) is 11.2. The predicted octanol–water partition coefficient (Wildman–Crippen LogP) is 1.82. The lowest BCUT2D eigenvalue weighted by Gasteiger charge is -2.22. The van der Waals surface area contributed by atoms with Crippen molar-refractivity contribution < 1.29 is 14.7 Å². The van der Waals surface area contributed by atoms with Crippen molar-refractivity contribution in [3.05, 3.63) is 16.1 Å². The monoisotopic (exact) mass is 317 g/mol. The highest BCUT2D eigenvalue weighted by Gasteiger charge is 2.16. The van der Waals surface area contributed by atoms with Crippen molar-refractivity contribution in [2.24, 2.45) is 0 Å². The van der Waals surface area contributed by atoms with Crippen molar-refractivity contribution in [1.82, 2.24) is 15.6 Å². The van der Waals surface area contributed by atoms with Gasteiger partial charge in [0.2, 0.25) is 0 Å². The number of carboxylic acid groups (broad SMARTS) is 1. The maximum absolute atomic E-state index is 11.6. The van der Waals surface area contributed by atoms with E-state index in [0.717, 1.165) is 0 Å².